The van der Waals surface area contributed by atoms with Gasteiger partial charge in [-0.3, -0.25) is 0 Å². The first kappa shape index (κ1) is 9.61. The molecule has 3 nitrogen and oxygen atoms in total. The fourth-order valence-corrected chi connectivity index (χ4v) is 1.52. The average Bonchev–Trinajstić information content (AvgIpc) is 2.56. The molecule has 1 atom stereocenters. The summed E-state index contributed by atoms with van der Waals surface area (Å²) in [7, 11) is 0. The van der Waals surface area contributed by atoms with Crippen LogP contribution in [0.15, 0.2) is 6.20 Å². The lowest BCUT2D eigenvalue weighted by molar-refractivity contribution is 0.160. The van der Waals surface area contributed by atoms with E-state index in [1.807, 2.05) is 0 Å². The van der Waals surface area contributed by atoms with Crippen molar-refractivity contribution in [1.29, 1.82) is 0 Å². The second-order valence-corrected chi connectivity index (χ2v) is 3.40. The molecule has 0 aliphatic rings. The highest BCUT2D eigenvalue weighted by atomic mass is 32.1. The van der Waals surface area contributed by atoms with Crippen LogP contribution in [0.5, 0.6) is 0 Å². The summed E-state index contributed by atoms with van der Waals surface area (Å²) in [4.78, 5) is 0. The van der Waals surface area contributed by atoms with Crippen molar-refractivity contribution in [3.05, 3.63) is 11.9 Å². The molecule has 1 aromatic heterocycles. The minimum atomic E-state index is -0.407. The molecule has 0 aromatic carbocycles. The van der Waals surface area contributed by atoms with Crippen LogP contribution < -0.4 is 0 Å². The molecule has 1 heterocycles. The summed E-state index contributed by atoms with van der Waals surface area (Å²) in [6.07, 6.45) is 5.46. The van der Waals surface area contributed by atoms with Gasteiger partial charge < -0.3 is 5.11 Å². The summed E-state index contributed by atoms with van der Waals surface area (Å²) in [5.41, 5.74) is 0.719. The van der Waals surface area contributed by atoms with E-state index in [4.69, 9.17) is 0 Å². The van der Waals surface area contributed by atoms with Crippen LogP contribution in [0.1, 0.15) is 44.4 Å². The predicted octanol–water partition coefficient (Wildman–Crippen LogP) is 2.15. The minimum absolute atomic E-state index is 0.407. The molecule has 12 heavy (non-hydrogen) atoms. The highest BCUT2D eigenvalue weighted by molar-refractivity contribution is 6.99. The molecule has 1 aromatic rings. The number of aromatic nitrogens is 2. The maximum absolute atomic E-state index is 9.54. The Labute approximate surface area is 76.8 Å². The van der Waals surface area contributed by atoms with E-state index in [9.17, 15) is 5.11 Å². The number of hydrogen-bond donors (Lipinski definition) is 1. The Kier molecular flexibility index (Phi) is 4.18. The largest absolute Gasteiger partial charge is 0.387 e. The number of aliphatic hydroxyl groups is 1. The fraction of sp³-hybridized carbons (Fsp3) is 0.750. The maximum Gasteiger partial charge on any atom is 0.103 e. The van der Waals surface area contributed by atoms with Gasteiger partial charge in [-0.1, -0.05) is 26.2 Å². The molecule has 0 radical (unpaired) electrons. The molecule has 4 heteroatoms. The summed E-state index contributed by atoms with van der Waals surface area (Å²) in [5.74, 6) is 0. The normalized spacial score (nSPS) is 13.2. The molecular formula is C8H14N2OS. The lowest BCUT2D eigenvalue weighted by atomic mass is 10.1. The molecule has 0 saturated heterocycles. The van der Waals surface area contributed by atoms with Gasteiger partial charge in [0, 0.05) is 0 Å². The molecule has 0 saturated carbocycles. The summed E-state index contributed by atoms with van der Waals surface area (Å²) >= 11 is 1.15. The standard InChI is InChI=1S/C8H14N2OS/c1-2-3-4-5-8(11)7-6-9-12-10-7/h6,8,11H,2-5H2,1H3. The third-order valence-corrected chi connectivity index (χ3v) is 2.29. The molecule has 1 N–H and O–H groups in total. The van der Waals surface area contributed by atoms with E-state index in [0.717, 1.165) is 30.3 Å². The molecule has 0 fully saturated rings. The van der Waals surface area contributed by atoms with Gasteiger partial charge in [-0.05, 0) is 6.42 Å². The molecule has 0 aliphatic carbocycles. The van der Waals surface area contributed by atoms with Crippen molar-refractivity contribution in [3.8, 4) is 0 Å². The zero-order valence-corrected chi connectivity index (χ0v) is 8.05. The van der Waals surface area contributed by atoms with Crippen LogP contribution in [0.25, 0.3) is 0 Å². The Hall–Kier alpha value is -0.480. The summed E-state index contributed by atoms with van der Waals surface area (Å²) < 4.78 is 7.82. The third-order valence-electron chi connectivity index (χ3n) is 1.80. The molecular weight excluding hydrogens is 172 g/mol. The van der Waals surface area contributed by atoms with Crippen LogP contribution in [0, 0.1) is 0 Å². The van der Waals surface area contributed by atoms with Gasteiger partial charge in [-0.2, -0.15) is 8.75 Å². The number of aliphatic hydroxyl groups excluding tert-OH is 1. The van der Waals surface area contributed by atoms with Gasteiger partial charge in [0.25, 0.3) is 0 Å². The van der Waals surface area contributed by atoms with E-state index in [1.165, 1.54) is 12.8 Å². The molecule has 1 rings (SSSR count). The topological polar surface area (TPSA) is 46.0 Å². The summed E-state index contributed by atoms with van der Waals surface area (Å²) in [6, 6.07) is 0. The van der Waals surface area contributed by atoms with Gasteiger partial charge in [0.15, 0.2) is 0 Å². The zero-order chi connectivity index (χ0) is 8.81. The number of nitrogens with zero attached hydrogens (tertiary/aromatic N) is 2. The Morgan fingerprint density at radius 2 is 2.42 bits per heavy atom. The van der Waals surface area contributed by atoms with Crippen LogP contribution in [0.3, 0.4) is 0 Å². The SMILES string of the molecule is CCCCCC(O)c1cnsn1. The number of hydrogen-bond acceptors (Lipinski definition) is 4. The molecule has 0 bridgehead atoms. The van der Waals surface area contributed by atoms with Crippen molar-refractivity contribution >= 4 is 11.7 Å². The molecule has 68 valence electrons. The molecule has 0 spiro atoms. The van der Waals surface area contributed by atoms with Crippen LogP contribution in [0.4, 0.5) is 0 Å². The monoisotopic (exact) mass is 186 g/mol. The Morgan fingerprint density at radius 3 is 3.00 bits per heavy atom. The van der Waals surface area contributed by atoms with Crippen molar-refractivity contribution in [2.45, 2.75) is 38.7 Å². The molecule has 1 unspecified atom stereocenters. The zero-order valence-electron chi connectivity index (χ0n) is 7.23. The second-order valence-electron chi connectivity index (χ2n) is 2.84. The van der Waals surface area contributed by atoms with Crippen molar-refractivity contribution < 1.29 is 5.11 Å². The Morgan fingerprint density at radius 1 is 1.58 bits per heavy atom. The lowest BCUT2D eigenvalue weighted by Crippen LogP contribution is -1.96. The van der Waals surface area contributed by atoms with Crippen LogP contribution in [-0.2, 0) is 0 Å². The highest BCUT2D eigenvalue weighted by Crippen LogP contribution is 2.17. The van der Waals surface area contributed by atoms with Crippen molar-refractivity contribution in [3.63, 3.8) is 0 Å². The van der Waals surface area contributed by atoms with E-state index in [1.54, 1.807) is 6.20 Å². The predicted molar refractivity (Wildman–Crippen MR) is 49.0 cm³/mol. The molecule has 0 amide bonds. The smallest absolute Gasteiger partial charge is 0.103 e. The first-order valence-electron chi connectivity index (χ1n) is 4.30. The first-order valence-corrected chi connectivity index (χ1v) is 5.03. The van der Waals surface area contributed by atoms with E-state index in [2.05, 4.69) is 15.7 Å². The third kappa shape index (κ3) is 2.87. The van der Waals surface area contributed by atoms with Gasteiger partial charge in [0.05, 0.1) is 24.0 Å². The van der Waals surface area contributed by atoms with Crippen LogP contribution in [0.2, 0.25) is 0 Å². The lowest BCUT2D eigenvalue weighted by Gasteiger charge is -2.05. The summed E-state index contributed by atoms with van der Waals surface area (Å²) in [5, 5.41) is 9.54. The van der Waals surface area contributed by atoms with Crippen molar-refractivity contribution in [2.24, 2.45) is 0 Å². The van der Waals surface area contributed by atoms with E-state index < -0.39 is 6.10 Å². The molecule has 0 aliphatic heterocycles. The number of unbranched alkanes of at least 4 members (excludes halogenated alkanes) is 2. The fourth-order valence-electron chi connectivity index (χ4n) is 1.05. The van der Waals surface area contributed by atoms with Gasteiger partial charge in [-0.25, -0.2) is 0 Å². The Bertz CT molecular complexity index is 201. The van der Waals surface area contributed by atoms with E-state index in [-0.39, 0.29) is 0 Å². The van der Waals surface area contributed by atoms with Crippen LogP contribution in [-0.4, -0.2) is 13.9 Å². The maximum atomic E-state index is 9.54. The van der Waals surface area contributed by atoms with Crippen LogP contribution >= 0.6 is 11.7 Å². The van der Waals surface area contributed by atoms with Crippen molar-refractivity contribution in [1.82, 2.24) is 8.75 Å². The van der Waals surface area contributed by atoms with Crippen molar-refractivity contribution in [2.75, 3.05) is 0 Å². The Balaban J connectivity index is 2.25. The van der Waals surface area contributed by atoms with E-state index >= 15 is 0 Å². The summed E-state index contributed by atoms with van der Waals surface area (Å²) in [6.45, 7) is 2.15. The quantitative estimate of drug-likeness (QED) is 0.717. The van der Waals surface area contributed by atoms with Gasteiger partial charge >= 0.3 is 0 Å². The van der Waals surface area contributed by atoms with E-state index in [0.29, 0.717) is 0 Å². The first-order chi connectivity index (χ1) is 5.84. The van der Waals surface area contributed by atoms with Gasteiger partial charge in [0.1, 0.15) is 5.69 Å². The average molecular weight is 186 g/mol. The van der Waals surface area contributed by atoms with Gasteiger partial charge in [-0.15, -0.1) is 0 Å². The minimum Gasteiger partial charge on any atom is -0.387 e. The van der Waals surface area contributed by atoms with Gasteiger partial charge in [0.2, 0.25) is 0 Å². The second kappa shape index (κ2) is 5.22. The number of rotatable bonds is 5. The highest BCUT2D eigenvalue weighted by Gasteiger charge is 2.08.